The van der Waals surface area contributed by atoms with Crippen molar-refractivity contribution >= 4 is 18.3 Å². The van der Waals surface area contributed by atoms with Crippen LogP contribution in [0.25, 0.3) is 0 Å². The molecule has 2 saturated carbocycles. The lowest BCUT2D eigenvalue weighted by molar-refractivity contribution is -0.145. The summed E-state index contributed by atoms with van der Waals surface area (Å²) < 4.78 is 0. The normalized spacial score (nSPS) is 40.7. The molecule has 0 aromatic heterocycles. The molecule has 2 bridgehead atoms. The Morgan fingerprint density at radius 3 is 2.80 bits per heavy atom. The van der Waals surface area contributed by atoms with E-state index >= 15 is 0 Å². The van der Waals surface area contributed by atoms with E-state index in [9.17, 15) is 4.79 Å². The molecular formula is C11H19ClN2O. The van der Waals surface area contributed by atoms with Crippen molar-refractivity contribution in [2.24, 2.45) is 17.8 Å². The highest BCUT2D eigenvalue weighted by atomic mass is 35.5. The molecule has 86 valence electrons. The van der Waals surface area contributed by atoms with E-state index in [0.29, 0.717) is 18.5 Å². The predicted octanol–water partition coefficient (Wildman–Crippen LogP) is 0.884. The summed E-state index contributed by atoms with van der Waals surface area (Å²) in [6.45, 7) is 1.56. The molecule has 3 fully saturated rings. The number of hydrogen-bond acceptors (Lipinski definition) is 2. The molecule has 3 nitrogen and oxygen atoms in total. The van der Waals surface area contributed by atoms with Crippen molar-refractivity contribution < 1.29 is 4.79 Å². The van der Waals surface area contributed by atoms with Crippen molar-refractivity contribution in [3.8, 4) is 0 Å². The summed E-state index contributed by atoms with van der Waals surface area (Å²) in [5.74, 6) is 2.99. The molecule has 4 unspecified atom stereocenters. The summed E-state index contributed by atoms with van der Waals surface area (Å²) in [4.78, 5) is 13.8. The zero-order valence-electron chi connectivity index (χ0n) is 9.11. The van der Waals surface area contributed by atoms with Crippen molar-refractivity contribution in [2.45, 2.75) is 25.3 Å². The molecule has 4 atom stereocenters. The van der Waals surface area contributed by atoms with Crippen LogP contribution in [0.1, 0.15) is 19.3 Å². The molecule has 3 aliphatic rings. The Morgan fingerprint density at radius 2 is 2.13 bits per heavy atom. The van der Waals surface area contributed by atoms with Gasteiger partial charge in [0.05, 0.1) is 6.54 Å². The zero-order chi connectivity index (χ0) is 9.71. The van der Waals surface area contributed by atoms with Gasteiger partial charge in [0, 0.05) is 18.5 Å². The first-order chi connectivity index (χ1) is 6.81. The maximum absolute atomic E-state index is 11.7. The second-order valence-corrected chi connectivity index (χ2v) is 5.06. The lowest BCUT2D eigenvalue weighted by Crippen LogP contribution is -2.62. The first-order valence-electron chi connectivity index (χ1n) is 5.75. The van der Waals surface area contributed by atoms with Gasteiger partial charge in [0.25, 0.3) is 0 Å². The second kappa shape index (κ2) is 3.95. The van der Waals surface area contributed by atoms with E-state index in [0.717, 1.165) is 24.3 Å². The topological polar surface area (TPSA) is 32.3 Å². The molecule has 1 aliphatic heterocycles. The summed E-state index contributed by atoms with van der Waals surface area (Å²) in [6.07, 6.45) is 4.20. The Bertz CT molecular complexity index is 269. The van der Waals surface area contributed by atoms with E-state index in [4.69, 9.17) is 0 Å². The van der Waals surface area contributed by atoms with E-state index in [1.807, 2.05) is 7.05 Å². The molecule has 3 rings (SSSR count). The number of nitrogens with zero attached hydrogens (tertiary/aromatic N) is 1. The molecule has 2 aliphatic carbocycles. The summed E-state index contributed by atoms with van der Waals surface area (Å²) >= 11 is 0. The van der Waals surface area contributed by atoms with Crippen molar-refractivity contribution in [3.63, 3.8) is 0 Å². The van der Waals surface area contributed by atoms with Gasteiger partial charge in [-0.15, -0.1) is 12.4 Å². The fourth-order valence-electron chi connectivity index (χ4n) is 3.85. The van der Waals surface area contributed by atoms with E-state index in [1.54, 1.807) is 0 Å². The number of fused-ring (bicyclic) bond motifs is 5. The number of likely N-dealkylation sites (tertiary alicyclic amines) is 1. The Kier molecular flexibility index (Phi) is 2.95. The number of carbonyl (C=O) groups excluding carboxylic acids is 1. The van der Waals surface area contributed by atoms with Gasteiger partial charge in [-0.3, -0.25) is 4.79 Å². The first kappa shape index (κ1) is 11.2. The van der Waals surface area contributed by atoms with Gasteiger partial charge in [0.15, 0.2) is 0 Å². The fourth-order valence-corrected chi connectivity index (χ4v) is 3.85. The van der Waals surface area contributed by atoms with Crippen LogP contribution in [0.2, 0.25) is 0 Å². The molecule has 1 heterocycles. The van der Waals surface area contributed by atoms with Gasteiger partial charge in [-0.05, 0) is 38.1 Å². The lowest BCUT2D eigenvalue weighted by Gasteiger charge is -2.50. The summed E-state index contributed by atoms with van der Waals surface area (Å²) in [5.41, 5.74) is 0. The molecule has 1 N–H and O–H groups in total. The molecule has 0 radical (unpaired) electrons. The van der Waals surface area contributed by atoms with Gasteiger partial charge in [0.1, 0.15) is 0 Å². The van der Waals surface area contributed by atoms with Crippen LogP contribution in [0.15, 0.2) is 0 Å². The molecule has 1 saturated heterocycles. The smallest absolute Gasteiger partial charge is 0.236 e. The number of amides is 1. The standard InChI is InChI=1S/C11H18N2O.ClH/c1-12-5-10(14)13-6-9-7-2-3-8(4-7)11(9)13;/h7-9,11-12H,2-6H2,1H3;1H. The third-order valence-corrected chi connectivity index (χ3v) is 4.46. The Balaban J connectivity index is 0.000000853. The first-order valence-corrected chi connectivity index (χ1v) is 5.75. The third kappa shape index (κ3) is 1.48. The highest BCUT2D eigenvalue weighted by molar-refractivity contribution is 5.85. The van der Waals surface area contributed by atoms with Crippen molar-refractivity contribution in [1.82, 2.24) is 10.2 Å². The minimum absolute atomic E-state index is 0. The molecular weight excluding hydrogens is 212 g/mol. The zero-order valence-corrected chi connectivity index (χ0v) is 9.93. The van der Waals surface area contributed by atoms with E-state index < -0.39 is 0 Å². The van der Waals surface area contributed by atoms with Gasteiger partial charge >= 0.3 is 0 Å². The number of halogens is 1. The van der Waals surface area contributed by atoms with Crippen molar-refractivity contribution in [2.75, 3.05) is 20.1 Å². The Morgan fingerprint density at radius 1 is 1.40 bits per heavy atom. The van der Waals surface area contributed by atoms with Gasteiger partial charge in [-0.2, -0.15) is 0 Å². The highest BCUT2D eigenvalue weighted by Gasteiger charge is 2.57. The van der Waals surface area contributed by atoms with Crippen LogP contribution in [0, 0.1) is 17.8 Å². The van der Waals surface area contributed by atoms with Crippen molar-refractivity contribution in [3.05, 3.63) is 0 Å². The van der Waals surface area contributed by atoms with E-state index in [-0.39, 0.29) is 12.4 Å². The largest absolute Gasteiger partial charge is 0.338 e. The number of rotatable bonds is 2. The SMILES string of the molecule is CNCC(=O)N1CC2C3CCC(C3)C21.Cl. The second-order valence-electron chi connectivity index (χ2n) is 5.06. The van der Waals surface area contributed by atoms with Crippen molar-refractivity contribution in [1.29, 1.82) is 0 Å². The molecule has 1 amide bonds. The van der Waals surface area contributed by atoms with Gasteiger partial charge in [0.2, 0.25) is 5.91 Å². The van der Waals surface area contributed by atoms with Crippen LogP contribution in [0.4, 0.5) is 0 Å². The summed E-state index contributed by atoms with van der Waals surface area (Å²) in [7, 11) is 1.84. The van der Waals surface area contributed by atoms with Gasteiger partial charge in [-0.1, -0.05) is 0 Å². The quantitative estimate of drug-likeness (QED) is 0.764. The Hall–Kier alpha value is -0.280. The highest BCUT2D eigenvalue weighted by Crippen LogP contribution is 2.55. The predicted molar refractivity (Wildman–Crippen MR) is 61.0 cm³/mol. The monoisotopic (exact) mass is 230 g/mol. The lowest BCUT2D eigenvalue weighted by atomic mass is 9.77. The number of nitrogens with one attached hydrogen (secondary N) is 1. The van der Waals surface area contributed by atoms with Crippen LogP contribution in [0.5, 0.6) is 0 Å². The van der Waals surface area contributed by atoms with Gasteiger partial charge in [-0.25, -0.2) is 0 Å². The summed E-state index contributed by atoms with van der Waals surface area (Å²) in [5, 5.41) is 2.95. The average molecular weight is 231 g/mol. The van der Waals surface area contributed by atoms with Crippen LogP contribution in [-0.2, 0) is 4.79 Å². The molecule has 15 heavy (non-hydrogen) atoms. The molecule has 0 spiro atoms. The van der Waals surface area contributed by atoms with Crippen LogP contribution in [-0.4, -0.2) is 37.0 Å². The minimum Gasteiger partial charge on any atom is -0.338 e. The molecule has 4 heteroatoms. The summed E-state index contributed by atoms with van der Waals surface area (Å²) in [6, 6.07) is 0.634. The van der Waals surface area contributed by atoms with Crippen LogP contribution < -0.4 is 5.32 Å². The molecule has 0 aromatic carbocycles. The Labute approximate surface area is 97.0 Å². The van der Waals surface area contributed by atoms with Crippen LogP contribution in [0.3, 0.4) is 0 Å². The maximum atomic E-state index is 11.7. The van der Waals surface area contributed by atoms with E-state index in [2.05, 4.69) is 10.2 Å². The molecule has 0 aromatic rings. The van der Waals surface area contributed by atoms with Gasteiger partial charge < -0.3 is 10.2 Å². The minimum atomic E-state index is 0. The van der Waals surface area contributed by atoms with E-state index in [1.165, 1.54) is 19.3 Å². The number of likely N-dealkylation sites (N-methyl/N-ethyl adjacent to an activating group) is 1. The maximum Gasteiger partial charge on any atom is 0.236 e. The van der Waals surface area contributed by atoms with Crippen LogP contribution >= 0.6 is 12.4 Å². The number of carbonyl (C=O) groups is 1. The number of hydrogen-bond donors (Lipinski definition) is 1. The third-order valence-electron chi connectivity index (χ3n) is 4.46. The fraction of sp³-hybridized carbons (Fsp3) is 0.909. The average Bonchev–Trinajstić information content (AvgIpc) is 2.60.